The summed E-state index contributed by atoms with van der Waals surface area (Å²) in [4.78, 5) is 22.2. The number of hydrogen-bond donors (Lipinski definition) is 2. The minimum atomic E-state index is -0.196. The Kier molecular flexibility index (Phi) is 4.02. The van der Waals surface area contributed by atoms with E-state index < -0.39 is 0 Å². The zero-order valence-corrected chi connectivity index (χ0v) is 13.5. The van der Waals surface area contributed by atoms with Gasteiger partial charge in [0.25, 0.3) is 5.91 Å². The zero-order valence-electron chi connectivity index (χ0n) is 13.5. The molecule has 5 nitrogen and oxygen atoms in total. The summed E-state index contributed by atoms with van der Waals surface area (Å²) in [6.45, 7) is 1.92. The number of para-hydroxylation sites is 2. The predicted octanol–water partition coefficient (Wildman–Crippen LogP) is 3.12. The lowest BCUT2D eigenvalue weighted by Crippen LogP contribution is -2.27. The Morgan fingerprint density at radius 2 is 1.96 bits per heavy atom. The Hall–Kier alpha value is -2.82. The molecule has 1 unspecified atom stereocenters. The molecule has 3 aromatic rings. The van der Waals surface area contributed by atoms with Crippen molar-refractivity contribution in [1.29, 1.82) is 0 Å². The summed E-state index contributed by atoms with van der Waals surface area (Å²) in [5.41, 5.74) is 3.50. The SMILES string of the molecule is CC(NC(=O)c1cccc(N(C)C)c1)c1nc2ccccc2[nH]1. The van der Waals surface area contributed by atoms with Gasteiger partial charge in [0.15, 0.2) is 0 Å². The number of rotatable bonds is 4. The number of anilines is 1. The highest BCUT2D eigenvalue weighted by Gasteiger charge is 2.15. The van der Waals surface area contributed by atoms with Crippen molar-refractivity contribution in [2.24, 2.45) is 0 Å². The molecule has 0 radical (unpaired) electrons. The maximum Gasteiger partial charge on any atom is 0.251 e. The Morgan fingerprint density at radius 1 is 1.17 bits per heavy atom. The molecule has 0 aliphatic heterocycles. The minimum absolute atomic E-state index is 0.110. The number of aromatic amines is 1. The number of hydrogen-bond acceptors (Lipinski definition) is 3. The molecule has 0 aliphatic carbocycles. The first-order valence-corrected chi connectivity index (χ1v) is 7.57. The first-order chi connectivity index (χ1) is 11.0. The van der Waals surface area contributed by atoms with Crippen molar-refractivity contribution in [3.05, 3.63) is 59.9 Å². The fourth-order valence-electron chi connectivity index (χ4n) is 2.45. The van der Waals surface area contributed by atoms with Crippen LogP contribution in [-0.4, -0.2) is 30.0 Å². The Bertz CT molecular complexity index is 805. The molecule has 1 aromatic heterocycles. The molecule has 1 amide bonds. The van der Waals surface area contributed by atoms with Crippen LogP contribution in [0.4, 0.5) is 5.69 Å². The van der Waals surface area contributed by atoms with E-state index in [0.717, 1.165) is 22.5 Å². The average molecular weight is 308 g/mol. The Morgan fingerprint density at radius 3 is 2.70 bits per heavy atom. The molecule has 0 aliphatic rings. The van der Waals surface area contributed by atoms with Gasteiger partial charge in [-0.25, -0.2) is 4.98 Å². The molecule has 23 heavy (non-hydrogen) atoms. The smallest absolute Gasteiger partial charge is 0.251 e. The number of carbonyl (C=O) groups is 1. The van der Waals surface area contributed by atoms with E-state index in [4.69, 9.17) is 0 Å². The lowest BCUT2D eigenvalue weighted by atomic mass is 10.1. The van der Waals surface area contributed by atoms with Gasteiger partial charge >= 0.3 is 0 Å². The second kappa shape index (κ2) is 6.12. The van der Waals surface area contributed by atoms with Crippen LogP contribution in [0.5, 0.6) is 0 Å². The number of aromatic nitrogens is 2. The van der Waals surface area contributed by atoms with Crippen molar-refractivity contribution in [3.63, 3.8) is 0 Å². The molecule has 0 spiro atoms. The Labute approximate surface area is 135 Å². The van der Waals surface area contributed by atoms with E-state index in [1.54, 1.807) is 0 Å². The average Bonchev–Trinajstić information content (AvgIpc) is 2.99. The molecule has 0 bridgehead atoms. The van der Waals surface area contributed by atoms with Gasteiger partial charge in [-0.1, -0.05) is 18.2 Å². The largest absolute Gasteiger partial charge is 0.378 e. The number of benzene rings is 2. The molecule has 5 heteroatoms. The van der Waals surface area contributed by atoms with Gasteiger partial charge in [-0.05, 0) is 37.3 Å². The van der Waals surface area contributed by atoms with Crippen molar-refractivity contribution in [3.8, 4) is 0 Å². The lowest BCUT2D eigenvalue weighted by Gasteiger charge is -2.15. The van der Waals surface area contributed by atoms with Gasteiger partial charge in [0.2, 0.25) is 0 Å². The maximum atomic E-state index is 12.4. The summed E-state index contributed by atoms with van der Waals surface area (Å²) in [5.74, 6) is 0.643. The topological polar surface area (TPSA) is 61.0 Å². The number of amides is 1. The Balaban J connectivity index is 1.77. The summed E-state index contributed by atoms with van der Waals surface area (Å²) < 4.78 is 0. The van der Waals surface area contributed by atoms with Gasteiger partial charge < -0.3 is 15.2 Å². The van der Waals surface area contributed by atoms with Gasteiger partial charge in [0, 0.05) is 25.3 Å². The van der Waals surface area contributed by atoms with Crippen molar-refractivity contribution in [2.45, 2.75) is 13.0 Å². The predicted molar refractivity (Wildman–Crippen MR) is 92.7 cm³/mol. The number of nitrogens with one attached hydrogen (secondary N) is 2. The monoisotopic (exact) mass is 308 g/mol. The molecule has 0 saturated carbocycles. The third kappa shape index (κ3) is 3.18. The molecule has 2 aromatic carbocycles. The normalized spacial score (nSPS) is 12.1. The summed E-state index contributed by atoms with van der Waals surface area (Å²) >= 11 is 0. The summed E-state index contributed by atoms with van der Waals surface area (Å²) in [5, 5.41) is 2.99. The van der Waals surface area contributed by atoms with Crippen LogP contribution in [0.15, 0.2) is 48.5 Å². The van der Waals surface area contributed by atoms with E-state index in [1.807, 2.05) is 74.4 Å². The molecule has 3 rings (SSSR count). The standard InChI is InChI=1S/C18H20N4O/c1-12(17-20-15-9-4-5-10-16(15)21-17)19-18(23)13-7-6-8-14(11-13)22(2)3/h4-12H,1-3H3,(H,19,23)(H,20,21). The number of fused-ring (bicyclic) bond motifs is 1. The van der Waals surface area contributed by atoms with E-state index in [9.17, 15) is 4.79 Å². The summed E-state index contributed by atoms with van der Waals surface area (Å²) in [6.07, 6.45) is 0. The molecule has 0 fully saturated rings. The number of imidazole rings is 1. The first-order valence-electron chi connectivity index (χ1n) is 7.57. The van der Waals surface area contributed by atoms with Crippen LogP contribution >= 0.6 is 0 Å². The van der Waals surface area contributed by atoms with Crippen LogP contribution in [0.2, 0.25) is 0 Å². The van der Waals surface area contributed by atoms with Crippen LogP contribution in [0.25, 0.3) is 11.0 Å². The van der Waals surface area contributed by atoms with Gasteiger partial charge in [0.1, 0.15) is 5.82 Å². The molecule has 1 heterocycles. The van der Waals surface area contributed by atoms with E-state index in [2.05, 4.69) is 15.3 Å². The van der Waals surface area contributed by atoms with Crippen molar-refractivity contribution in [2.75, 3.05) is 19.0 Å². The molecular formula is C18H20N4O. The van der Waals surface area contributed by atoms with E-state index in [0.29, 0.717) is 5.56 Å². The van der Waals surface area contributed by atoms with Gasteiger partial charge in [-0.15, -0.1) is 0 Å². The van der Waals surface area contributed by atoms with Crippen LogP contribution in [-0.2, 0) is 0 Å². The molecular weight excluding hydrogens is 288 g/mol. The fraction of sp³-hybridized carbons (Fsp3) is 0.222. The van der Waals surface area contributed by atoms with E-state index in [-0.39, 0.29) is 11.9 Å². The third-order valence-electron chi connectivity index (χ3n) is 3.79. The van der Waals surface area contributed by atoms with E-state index >= 15 is 0 Å². The maximum absolute atomic E-state index is 12.4. The highest BCUT2D eigenvalue weighted by atomic mass is 16.1. The van der Waals surface area contributed by atoms with Gasteiger partial charge in [-0.2, -0.15) is 0 Å². The van der Waals surface area contributed by atoms with Crippen molar-refractivity contribution < 1.29 is 4.79 Å². The quantitative estimate of drug-likeness (QED) is 0.778. The third-order valence-corrected chi connectivity index (χ3v) is 3.79. The second-order valence-electron chi connectivity index (χ2n) is 5.78. The molecule has 118 valence electrons. The van der Waals surface area contributed by atoms with Crippen LogP contribution < -0.4 is 10.2 Å². The fourth-order valence-corrected chi connectivity index (χ4v) is 2.45. The summed E-state index contributed by atoms with van der Waals surface area (Å²) in [7, 11) is 3.90. The highest BCUT2D eigenvalue weighted by Crippen LogP contribution is 2.17. The lowest BCUT2D eigenvalue weighted by molar-refractivity contribution is 0.0938. The zero-order chi connectivity index (χ0) is 16.4. The van der Waals surface area contributed by atoms with Crippen LogP contribution in [0.3, 0.4) is 0 Å². The van der Waals surface area contributed by atoms with Crippen LogP contribution in [0.1, 0.15) is 29.1 Å². The first kappa shape index (κ1) is 15.1. The second-order valence-corrected chi connectivity index (χ2v) is 5.78. The number of nitrogens with zero attached hydrogens (tertiary/aromatic N) is 2. The van der Waals surface area contributed by atoms with Gasteiger partial charge in [-0.3, -0.25) is 4.79 Å². The highest BCUT2D eigenvalue weighted by molar-refractivity contribution is 5.95. The van der Waals surface area contributed by atoms with Crippen LogP contribution in [0, 0.1) is 0 Å². The van der Waals surface area contributed by atoms with Crippen molar-refractivity contribution >= 4 is 22.6 Å². The van der Waals surface area contributed by atoms with E-state index in [1.165, 1.54) is 0 Å². The minimum Gasteiger partial charge on any atom is -0.378 e. The van der Waals surface area contributed by atoms with Gasteiger partial charge in [0.05, 0.1) is 17.1 Å². The number of H-pyrrole nitrogens is 1. The molecule has 2 N–H and O–H groups in total. The molecule has 1 atom stereocenters. The molecule has 0 saturated heterocycles. The summed E-state index contributed by atoms with van der Waals surface area (Å²) in [6, 6.07) is 15.2. The van der Waals surface area contributed by atoms with Crippen molar-refractivity contribution in [1.82, 2.24) is 15.3 Å². The number of carbonyl (C=O) groups excluding carboxylic acids is 1.